The zero-order valence-corrected chi connectivity index (χ0v) is 11.2. The van der Waals surface area contributed by atoms with Crippen molar-refractivity contribution in [3.63, 3.8) is 0 Å². The minimum Gasteiger partial charge on any atom is -0.396 e. The van der Waals surface area contributed by atoms with E-state index in [1.54, 1.807) is 12.1 Å². The third kappa shape index (κ3) is 3.94. The molecule has 0 spiro atoms. The van der Waals surface area contributed by atoms with Gasteiger partial charge in [-0.1, -0.05) is 17.7 Å². The maximum absolute atomic E-state index is 10.9. The Morgan fingerprint density at radius 2 is 2.17 bits per heavy atom. The molecule has 1 rings (SSSR count). The first kappa shape index (κ1) is 14.9. The van der Waals surface area contributed by atoms with Crippen molar-refractivity contribution < 1.29 is 10.0 Å². The zero-order chi connectivity index (χ0) is 13.8. The minimum atomic E-state index is -0.443. The van der Waals surface area contributed by atoms with Crippen LogP contribution in [0.15, 0.2) is 18.2 Å². The van der Waals surface area contributed by atoms with Crippen LogP contribution in [0.3, 0.4) is 0 Å². The lowest BCUT2D eigenvalue weighted by Gasteiger charge is -2.25. The molecule has 18 heavy (non-hydrogen) atoms. The van der Waals surface area contributed by atoms with Gasteiger partial charge in [0.2, 0.25) is 0 Å². The molecule has 6 heteroatoms. The van der Waals surface area contributed by atoms with Crippen molar-refractivity contribution in [2.24, 2.45) is 0 Å². The number of nitro groups is 1. The van der Waals surface area contributed by atoms with Gasteiger partial charge in [0.05, 0.1) is 15.5 Å². The Kier molecular flexibility index (Phi) is 5.07. The van der Waals surface area contributed by atoms with Crippen LogP contribution in [0.25, 0.3) is 0 Å². The van der Waals surface area contributed by atoms with E-state index >= 15 is 0 Å². The highest BCUT2D eigenvalue weighted by molar-refractivity contribution is 6.31. The van der Waals surface area contributed by atoms with E-state index in [1.165, 1.54) is 6.07 Å². The number of benzene rings is 1. The van der Waals surface area contributed by atoms with Crippen LogP contribution in [-0.4, -0.2) is 22.2 Å². The Hall–Kier alpha value is -1.17. The smallest absolute Gasteiger partial charge is 0.275 e. The van der Waals surface area contributed by atoms with E-state index in [0.29, 0.717) is 23.6 Å². The lowest BCUT2D eigenvalue weighted by atomic mass is 10.0. The average Bonchev–Trinajstić information content (AvgIpc) is 2.26. The van der Waals surface area contributed by atoms with E-state index in [2.05, 4.69) is 5.32 Å². The number of nitrogens with one attached hydrogen (secondary N) is 1. The molecular weight excluding hydrogens is 256 g/mol. The van der Waals surface area contributed by atoms with Crippen LogP contribution in [0.4, 0.5) is 5.69 Å². The number of aliphatic hydroxyl groups is 1. The first-order valence-corrected chi connectivity index (χ1v) is 6.03. The Balaban J connectivity index is 2.87. The maximum atomic E-state index is 10.9. The summed E-state index contributed by atoms with van der Waals surface area (Å²) in [7, 11) is 0. The second kappa shape index (κ2) is 6.13. The lowest BCUT2D eigenvalue weighted by Crippen LogP contribution is -2.39. The highest BCUT2D eigenvalue weighted by atomic mass is 35.5. The highest BCUT2D eigenvalue weighted by Gasteiger charge is 2.21. The van der Waals surface area contributed by atoms with E-state index in [-0.39, 0.29) is 17.8 Å². The molecule has 0 atom stereocenters. The van der Waals surface area contributed by atoms with Gasteiger partial charge in [-0.05, 0) is 26.3 Å². The summed E-state index contributed by atoms with van der Waals surface area (Å²) in [6, 6.07) is 4.62. The van der Waals surface area contributed by atoms with Crippen molar-refractivity contribution in [1.82, 2.24) is 5.32 Å². The molecule has 0 aliphatic carbocycles. The van der Waals surface area contributed by atoms with Crippen LogP contribution in [0.5, 0.6) is 0 Å². The molecule has 0 unspecified atom stereocenters. The molecular formula is C12H17ClN2O3. The monoisotopic (exact) mass is 272 g/mol. The Morgan fingerprint density at radius 3 is 2.72 bits per heavy atom. The summed E-state index contributed by atoms with van der Waals surface area (Å²) >= 11 is 5.99. The summed E-state index contributed by atoms with van der Waals surface area (Å²) in [5, 5.41) is 23.4. The molecule has 5 nitrogen and oxygen atoms in total. The molecule has 0 heterocycles. The van der Waals surface area contributed by atoms with Crippen molar-refractivity contribution in [1.29, 1.82) is 0 Å². The summed E-state index contributed by atoms with van der Waals surface area (Å²) in [5.41, 5.74) is 0.173. The second-order valence-corrected chi connectivity index (χ2v) is 5.11. The van der Waals surface area contributed by atoms with Gasteiger partial charge < -0.3 is 10.4 Å². The van der Waals surface area contributed by atoms with Gasteiger partial charge >= 0.3 is 0 Å². The molecule has 0 bridgehead atoms. The summed E-state index contributed by atoms with van der Waals surface area (Å²) in [5.74, 6) is 0. The van der Waals surface area contributed by atoms with Crippen molar-refractivity contribution in [2.75, 3.05) is 6.61 Å². The largest absolute Gasteiger partial charge is 0.396 e. The number of aliphatic hydroxyl groups excluding tert-OH is 1. The van der Waals surface area contributed by atoms with Crippen LogP contribution < -0.4 is 5.32 Å². The first-order chi connectivity index (χ1) is 8.37. The minimum absolute atomic E-state index is 0.00907. The predicted octanol–water partition coefficient (Wildman–Crippen LogP) is 2.50. The molecule has 0 aliphatic rings. The van der Waals surface area contributed by atoms with Crippen LogP contribution in [0.2, 0.25) is 5.02 Å². The fourth-order valence-electron chi connectivity index (χ4n) is 1.59. The molecule has 0 saturated heterocycles. The highest BCUT2D eigenvalue weighted by Crippen LogP contribution is 2.26. The van der Waals surface area contributed by atoms with Crippen LogP contribution in [0, 0.1) is 10.1 Å². The average molecular weight is 273 g/mol. The van der Waals surface area contributed by atoms with E-state index < -0.39 is 4.92 Å². The molecule has 100 valence electrons. The normalized spacial score (nSPS) is 11.6. The van der Waals surface area contributed by atoms with Gasteiger partial charge in [0, 0.05) is 24.8 Å². The first-order valence-electron chi connectivity index (χ1n) is 5.65. The van der Waals surface area contributed by atoms with Gasteiger partial charge in [-0.3, -0.25) is 10.1 Å². The topological polar surface area (TPSA) is 75.4 Å². The predicted molar refractivity (Wildman–Crippen MR) is 70.7 cm³/mol. The van der Waals surface area contributed by atoms with E-state index in [9.17, 15) is 10.1 Å². The van der Waals surface area contributed by atoms with Gasteiger partial charge in [0.25, 0.3) is 5.69 Å². The third-order valence-electron chi connectivity index (χ3n) is 2.77. The quantitative estimate of drug-likeness (QED) is 0.616. The van der Waals surface area contributed by atoms with Crippen LogP contribution in [-0.2, 0) is 6.54 Å². The molecule has 0 aliphatic heterocycles. The van der Waals surface area contributed by atoms with Crippen molar-refractivity contribution in [3.05, 3.63) is 38.9 Å². The molecule has 0 fully saturated rings. The zero-order valence-electron chi connectivity index (χ0n) is 10.4. The number of halogens is 1. The molecule has 2 N–H and O–H groups in total. The van der Waals surface area contributed by atoms with E-state index in [4.69, 9.17) is 16.7 Å². The Morgan fingerprint density at radius 1 is 1.50 bits per heavy atom. The summed E-state index contributed by atoms with van der Waals surface area (Å²) < 4.78 is 0. The Bertz CT molecular complexity index is 435. The molecule has 0 saturated carbocycles. The molecule has 0 aromatic heterocycles. The van der Waals surface area contributed by atoms with E-state index in [0.717, 1.165) is 0 Å². The fourth-order valence-corrected chi connectivity index (χ4v) is 1.83. The third-order valence-corrected chi connectivity index (χ3v) is 3.13. The fraction of sp³-hybridized carbons (Fsp3) is 0.500. The second-order valence-electron chi connectivity index (χ2n) is 4.71. The maximum Gasteiger partial charge on any atom is 0.275 e. The number of hydrogen-bond acceptors (Lipinski definition) is 4. The van der Waals surface area contributed by atoms with Gasteiger partial charge in [-0.25, -0.2) is 0 Å². The van der Waals surface area contributed by atoms with Crippen molar-refractivity contribution in [3.8, 4) is 0 Å². The van der Waals surface area contributed by atoms with Crippen LogP contribution in [0.1, 0.15) is 25.8 Å². The number of nitrogens with zero attached hydrogens (tertiary/aromatic N) is 1. The van der Waals surface area contributed by atoms with Gasteiger partial charge in [-0.15, -0.1) is 0 Å². The van der Waals surface area contributed by atoms with Gasteiger partial charge in [0.15, 0.2) is 0 Å². The molecule has 1 aromatic rings. The number of rotatable bonds is 6. The molecule has 1 aromatic carbocycles. The lowest BCUT2D eigenvalue weighted by molar-refractivity contribution is -0.385. The van der Waals surface area contributed by atoms with Gasteiger partial charge in [0.1, 0.15) is 0 Å². The van der Waals surface area contributed by atoms with Crippen molar-refractivity contribution >= 4 is 17.3 Å². The van der Waals surface area contributed by atoms with E-state index in [1.807, 2.05) is 13.8 Å². The molecule has 0 radical (unpaired) electrons. The number of nitro benzene ring substituents is 1. The SMILES string of the molecule is CC(C)(CCO)NCc1c(Cl)cccc1[N+](=O)[O-]. The Labute approximate surface area is 111 Å². The van der Waals surface area contributed by atoms with Crippen molar-refractivity contribution in [2.45, 2.75) is 32.4 Å². The molecule has 0 amide bonds. The summed E-state index contributed by atoms with van der Waals surface area (Å²) in [6.07, 6.45) is 0.561. The standard InChI is InChI=1S/C12H17ClN2O3/c1-12(2,6-7-16)14-8-9-10(13)4-3-5-11(9)15(17)18/h3-5,14,16H,6-8H2,1-2H3. The van der Waals surface area contributed by atoms with Gasteiger partial charge in [-0.2, -0.15) is 0 Å². The summed E-state index contributed by atoms with van der Waals surface area (Å²) in [4.78, 5) is 10.5. The number of hydrogen-bond donors (Lipinski definition) is 2. The van der Waals surface area contributed by atoms with Crippen LogP contribution >= 0.6 is 11.6 Å². The summed E-state index contributed by atoms with van der Waals surface area (Å²) in [6.45, 7) is 4.20.